The zero-order valence-electron chi connectivity index (χ0n) is 34.1. The molecule has 4 rings (SSSR count). The summed E-state index contributed by atoms with van der Waals surface area (Å²) in [6, 6.07) is 0. The van der Waals surface area contributed by atoms with E-state index >= 15 is 0 Å². The second kappa shape index (κ2) is 21.6. The third-order valence-corrected chi connectivity index (χ3v) is 14.0. The van der Waals surface area contributed by atoms with Gasteiger partial charge in [0, 0.05) is 12.8 Å². The molecule has 0 aromatic carbocycles. The molecule has 0 N–H and O–H groups in total. The van der Waals surface area contributed by atoms with Gasteiger partial charge in [0.1, 0.15) is 6.10 Å². The number of allylic oxidation sites excluding steroid dienone is 11. The zero-order valence-corrected chi connectivity index (χ0v) is 34.1. The minimum Gasteiger partial charge on any atom is -0.462 e. The summed E-state index contributed by atoms with van der Waals surface area (Å²) in [7, 11) is 0. The molecule has 2 nitrogen and oxygen atoms in total. The predicted octanol–water partition coefficient (Wildman–Crippen LogP) is 14.6. The van der Waals surface area contributed by atoms with Crippen molar-refractivity contribution in [2.45, 2.75) is 182 Å². The van der Waals surface area contributed by atoms with Crippen molar-refractivity contribution in [2.75, 3.05) is 0 Å². The van der Waals surface area contributed by atoms with Crippen LogP contribution < -0.4 is 0 Å². The van der Waals surface area contributed by atoms with Crippen molar-refractivity contribution in [3.63, 3.8) is 0 Å². The van der Waals surface area contributed by atoms with E-state index in [9.17, 15) is 4.79 Å². The molecule has 0 unspecified atom stereocenters. The minimum atomic E-state index is -0.0202. The molecule has 0 saturated heterocycles. The zero-order chi connectivity index (χ0) is 36.5. The molecule has 0 radical (unpaired) electrons. The van der Waals surface area contributed by atoms with E-state index in [0.29, 0.717) is 17.3 Å². The predicted molar refractivity (Wildman–Crippen MR) is 220 cm³/mol. The van der Waals surface area contributed by atoms with Crippen molar-refractivity contribution < 1.29 is 9.53 Å². The van der Waals surface area contributed by atoms with Gasteiger partial charge in [0.2, 0.25) is 0 Å². The van der Waals surface area contributed by atoms with Crippen molar-refractivity contribution in [2.24, 2.45) is 46.3 Å². The average Bonchev–Trinajstić information content (AvgIpc) is 3.46. The van der Waals surface area contributed by atoms with Crippen LogP contribution in [0.25, 0.3) is 0 Å². The summed E-state index contributed by atoms with van der Waals surface area (Å²) in [5.41, 5.74) is 2.46. The van der Waals surface area contributed by atoms with Gasteiger partial charge in [-0.25, -0.2) is 0 Å². The van der Waals surface area contributed by atoms with Gasteiger partial charge in [0.15, 0.2) is 0 Å². The van der Waals surface area contributed by atoms with Crippen LogP contribution in [0.15, 0.2) is 72.4 Å². The van der Waals surface area contributed by atoms with E-state index in [-0.39, 0.29) is 12.1 Å². The topological polar surface area (TPSA) is 26.3 Å². The molecule has 4 aliphatic rings. The Kier molecular flexibility index (Phi) is 17.6. The van der Waals surface area contributed by atoms with E-state index in [1.165, 1.54) is 83.5 Å². The summed E-state index contributed by atoms with van der Waals surface area (Å²) in [4.78, 5) is 12.8. The lowest BCUT2D eigenvalue weighted by atomic mass is 9.47. The number of fused-ring (bicyclic) bond motifs is 5. The van der Waals surface area contributed by atoms with Crippen LogP contribution in [0.1, 0.15) is 176 Å². The number of carbonyl (C=O) groups excluding carboxylic acids is 1. The van der Waals surface area contributed by atoms with Gasteiger partial charge in [0.25, 0.3) is 0 Å². The quantitative estimate of drug-likeness (QED) is 0.0677. The Morgan fingerprint density at radius 1 is 0.765 bits per heavy atom. The van der Waals surface area contributed by atoms with Gasteiger partial charge >= 0.3 is 5.97 Å². The Bertz CT molecular complexity index is 1210. The fourth-order valence-corrected chi connectivity index (χ4v) is 11.0. The van der Waals surface area contributed by atoms with Crippen molar-refractivity contribution in [1.29, 1.82) is 0 Å². The van der Waals surface area contributed by atoms with Crippen molar-refractivity contribution in [3.05, 3.63) is 72.4 Å². The number of rotatable bonds is 21. The highest BCUT2D eigenvalue weighted by molar-refractivity contribution is 5.69. The first kappa shape index (κ1) is 41.7. The third-order valence-electron chi connectivity index (χ3n) is 14.0. The van der Waals surface area contributed by atoms with Crippen LogP contribution in [-0.2, 0) is 9.53 Å². The fourth-order valence-electron chi connectivity index (χ4n) is 11.0. The highest BCUT2D eigenvalue weighted by atomic mass is 16.5. The standard InChI is InChI=1S/C49H78O2/c1-7-8-9-10-11-12-13-14-15-16-17-18-19-20-21-22-23-24-25-29-47(50)51-42-34-36-48(5)41(38-42)30-31-43-45-33-32-44(40(4)28-26-27-39(2)3)49(45,6)37-35-46(43)48/h11-12,14-15,17-18,20-21,23-24,30,39-40,42-46H,7-10,13,16,19,22,25-29,31-38H2,1-6H3/b12-11+,15-14+,18-17+,21-20+,24-23+/t40-,42+,43+,44-,45+,46+,48+,49-/m1/s1. The van der Waals surface area contributed by atoms with E-state index in [1.54, 1.807) is 5.57 Å². The number of hydrogen-bond acceptors (Lipinski definition) is 2. The summed E-state index contributed by atoms with van der Waals surface area (Å²) < 4.78 is 6.09. The van der Waals surface area contributed by atoms with Crippen molar-refractivity contribution in [3.8, 4) is 0 Å². The van der Waals surface area contributed by atoms with Crippen molar-refractivity contribution in [1.82, 2.24) is 0 Å². The largest absolute Gasteiger partial charge is 0.462 e. The maximum Gasteiger partial charge on any atom is 0.306 e. The number of esters is 1. The van der Waals surface area contributed by atoms with E-state index < -0.39 is 0 Å². The van der Waals surface area contributed by atoms with Gasteiger partial charge in [-0.05, 0) is 136 Å². The number of carbonyl (C=O) groups is 1. The third kappa shape index (κ3) is 12.2. The summed E-state index contributed by atoms with van der Waals surface area (Å²) in [6.45, 7) is 14.9. The molecule has 0 bridgehead atoms. The highest BCUT2D eigenvalue weighted by Crippen LogP contribution is 2.67. The van der Waals surface area contributed by atoms with Crippen LogP contribution >= 0.6 is 0 Å². The first-order valence-electron chi connectivity index (χ1n) is 21.8. The maximum atomic E-state index is 12.8. The lowest BCUT2D eigenvalue weighted by Crippen LogP contribution is -2.51. The number of ether oxygens (including phenoxy) is 1. The molecule has 4 aliphatic carbocycles. The Balaban J connectivity index is 1.11. The first-order valence-corrected chi connectivity index (χ1v) is 21.8. The molecule has 8 atom stereocenters. The smallest absolute Gasteiger partial charge is 0.306 e. The van der Waals surface area contributed by atoms with Gasteiger partial charge in [-0.2, -0.15) is 0 Å². The molecule has 0 aromatic rings. The van der Waals surface area contributed by atoms with Gasteiger partial charge in [-0.1, -0.05) is 146 Å². The molecule has 0 spiro atoms. The van der Waals surface area contributed by atoms with Crippen LogP contribution in [-0.4, -0.2) is 12.1 Å². The molecular formula is C49H78O2. The normalized spacial score (nSPS) is 31.6. The summed E-state index contributed by atoms with van der Waals surface area (Å²) in [6.07, 6.45) is 49.8. The molecule has 2 heteroatoms. The van der Waals surface area contributed by atoms with E-state index in [0.717, 1.165) is 80.5 Å². The number of unbranched alkanes of at least 4 members (excludes halogenated alkanes) is 3. The molecule has 286 valence electrons. The Hall–Kier alpha value is -2.09. The Morgan fingerprint density at radius 2 is 1.41 bits per heavy atom. The van der Waals surface area contributed by atoms with Crippen LogP contribution in [0.5, 0.6) is 0 Å². The average molecular weight is 699 g/mol. The van der Waals surface area contributed by atoms with Crippen LogP contribution in [0.4, 0.5) is 0 Å². The molecule has 0 amide bonds. The molecule has 0 aliphatic heterocycles. The van der Waals surface area contributed by atoms with E-state index in [1.807, 2.05) is 0 Å². The Labute approximate surface area is 315 Å². The minimum absolute atomic E-state index is 0.0202. The van der Waals surface area contributed by atoms with Gasteiger partial charge < -0.3 is 4.74 Å². The lowest BCUT2D eigenvalue weighted by molar-refractivity contribution is -0.151. The first-order chi connectivity index (χ1) is 24.7. The van der Waals surface area contributed by atoms with Crippen LogP contribution in [0.2, 0.25) is 0 Å². The van der Waals surface area contributed by atoms with Gasteiger partial charge in [0.05, 0.1) is 0 Å². The van der Waals surface area contributed by atoms with E-state index in [4.69, 9.17) is 4.74 Å². The second-order valence-corrected chi connectivity index (χ2v) is 18.0. The summed E-state index contributed by atoms with van der Waals surface area (Å²) in [5, 5.41) is 0. The molecule has 51 heavy (non-hydrogen) atoms. The lowest BCUT2D eigenvalue weighted by Gasteiger charge is -2.58. The van der Waals surface area contributed by atoms with Crippen molar-refractivity contribution >= 4 is 5.97 Å². The highest BCUT2D eigenvalue weighted by Gasteiger charge is 2.59. The molecule has 0 heterocycles. The fraction of sp³-hybridized carbons (Fsp3) is 0.735. The molecule has 3 fully saturated rings. The van der Waals surface area contributed by atoms with Crippen LogP contribution in [0, 0.1) is 46.3 Å². The second-order valence-electron chi connectivity index (χ2n) is 18.0. The monoisotopic (exact) mass is 699 g/mol. The SMILES string of the molecule is CCCCC/C=C/C/C=C/C/C=C/C/C=C/C/C=C/CCC(=O)O[C@H]1CC[C@@]2(C)C(=CC[C@H]3[C@@H]4CC[C@H]([C@H](C)CCCC(C)C)[C@@]4(C)CC[C@@H]32)C1. The van der Waals surface area contributed by atoms with Gasteiger partial charge in [-0.15, -0.1) is 0 Å². The maximum absolute atomic E-state index is 12.8. The Morgan fingerprint density at radius 3 is 2.06 bits per heavy atom. The summed E-state index contributed by atoms with van der Waals surface area (Å²) >= 11 is 0. The van der Waals surface area contributed by atoms with Gasteiger partial charge in [-0.3, -0.25) is 4.79 Å². The number of hydrogen-bond donors (Lipinski definition) is 0. The van der Waals surface area contributed by atoms with E-state index in [2.05, 4.69) is 108 Å². The molecule has 3 saturated carbocycles. The van der Waals surface area contributed by atoms with Crippen LogP contribution in [0.3, 0.4) is 0 Å². The molecule has 0 aromatic heterocycles. The molecular weight excluding hydrogens is 621 g/mol. The summed E-state index contributed by atoms with van der Waals surface area (Å²) in [5.74, 6) is 5.16.